The minimum atomic E-state index is -4.47. The molecule has 1 aliphatic heterocycles. The highest BCUT2D eigenvalue weighted by atomic mass is 32.1. The Balaban J connectivity index is 1.84. The largest absolute Gasteiger partial charge is 0.481 e. The third kappa shape index (κ3) is 4.00. The summed E-state index contributed by atoms with van der Waals surface area (Å²) < 4.78 is 44.7. The fourth-order valence-corrected chi connectivity index (χ4v) is 3.92. The van der Waals surface area contributed by atoms with Gasteiger partial charge in [0.25, 0.3) is 0 Å². The first-order chi connectivity index (χ1) is 13.8. The van der Waals surface area contributed by atoms with E-state index in [2.05, 4.69) is 19.9 Å². The van der Waals surface area contributed by atoms with Crippen molar-refractivity contribution in [1.29, 1.82) is 0 Å². The molecule has 0 radical (unpaired) electrons. The molecule has 1 unspecified atom stereocenters. The maximum Gasteiger partial charge on any atom is 0.417 e. The number of ether oxygens (including phenoxy) is 1. The molecule has 1 atom stereocenters. The number of nitrogens with zero attached hydrogens (tertiary/aromatic N) is 4. The molecule has 29 heavy (non-hydrogen) atoms. The summed E-state index contributed by atoms with van der Waals surface area (Å²) >= 11 is 1.47. The second-order valence-corrected chi connectivity index (χ2v) is 7.72. The summed E-state index contributed by atoms with van der Waals surface area (Å²) in [6.07, 6.45) is -0.755. The minimum Gasteiger partial charge on any atom is -0.481 e. The highest BCUT2D eigenvalue weighted by Gasteiger charge is 2.33. The molecule has 9 heteroatoms. The minimum absolute atomic E-state index is 0.168. The van der Waals surface area contributed by atoms with Crippen LogP contribution in [0.1, 0.15) is 39.9 Å². The van der Waals surface area contributed by atoms with Gasteiger partial charge < -0.3 is 4.74 Å². The van der Waals surface area contributed by atoms with Gasteiger partial charge in [-0.05, 0) is 31.4 Å². The molecule has 0 spiro atoms. The summed E-state index contributed by atoms with van der Waals surface area (Å²) in [7, 11) is 1.54. The Morgan fingerprint density at radius 1 is 1.17 bits per heavy atom. The van der Waals surface area contributed by atoms with Gasteiger partial charge in [0.05, 0.1) is 40.5 Å². The zero-order chi connectivity index (χ0) is 20.6. The standard InChI is InChI=1S/C20H17F3N4OS/c1-11-26-17(10-29-11)19-14(12-3-6-18(28-2)25-8-12)4-5-15-16(27-19)7-13(9-24-15)20(21,22)23/h3,6-10,14H,4-5H2,1-2H3. The van der Waals surface area contributed by atoms with E-state index in [-0.39, 0.29) is 11.6 Å². The summed E-state index contributed by atoms with van der Waals surface area (Å²) in [5.41, 5.74) is 2.17. The topological polar surface area (TPSA) is 60.3 Å². The molecule has 5 nitrogen and oxygen atoms in total. The van der Waals surface area contributed by atoms with E-state index in [1.54, 1.807) is 19.4 Å². The molecule has 0 aliphatic carbocycles. The quantitative estimate of drug-likeness (QED) is 0.592. The van der Waals surface area contributed by atoms with Crippen LogP contribution in [0.2, 0.25) is 0 Å². The second kappa shape index (κ2) is 7.55. The monoisotopic (exact) mass is 418 g/mol. The van der Waals surface area contributed by atoms with Gasteiger partial charge in [-0.25, -0.2) is 15.0 Å². The fraction of sp³-hybridized carbons (Fsp3) is 0.300. The van der Waals surface area contributed by atoms with Gasteiger partial charge in [0.2, 0.25) is 5.88 Å². The Bertz CT molecular complexity index is 1060. The van der Waals surface area contributed by atoms with E-state index in [1.807, 2.05) is 18.4 Å². The molecule has 1 aliphatic rings. The molecule has 0 fully saturated rings. The lowest BCUT2D eigenvalue weighted by molar-refractivity contribution is -0.137. The van der Waals surface area contributed by atoms with Crippen LogP contribution in [0.3, 0.4) is 0 Å². The maximum absolute atomic E-state index is 13.2. The Kier molecular flexibility index (Phi) is 5.08. The van der Waals surface area contributed by atoms with Crippen LogP contribution in [0, 0.1) is 6.92 Å². The van der Waals surface area contributed by atoms with Gasteiger partial charge in [0, 0.05) is 29.8 Å². The molecule has 0 aromatic carbocycles. The molecular formula is C20H17F3N4OS. The Morgan fingerprint density at radius 3 is 2.62 bits per heavy atom. The van der Waals surface area contributed by atoms with Crippen LogP contribution in [0.5, 0.6) is 5.88 Å². The predicted octanol–water partition coefficient (Wildman–Crippen LogP) is 5.12. The number of aliphatic imine (C=N–C) groups is 1. The average Bonchev–Trinajstić information content (AvgIpc) is 3.04. The number of hydrogen-bond donors (Lipinski definition) is 0. The third-order valence-electron chi connectivity index (χ3n) is 4.77. The van der Waals surface area contributed by atoms with Crippen molar-refractivity contribution >= 4 is 22.7 Å². The zero-order valence-corrected chi connectivity index (χ0v) is 16.5. The number of halogens is 3. The number of fused-ring (bicyclic) bond motifs is 1. The summed E-state index contributed by atoms with van der Waals surface area (Å²) in [5.74, 6) is 0.323. The number of alkyl halides is 3. The van der Waals surface area contributed by atoms with Crippen molar-refractivity contribution in [3.63, 3.8) is 0 Å². The summed E-state index contributed by atoms with van der Waals surface area (Å²) in [6, 6.07) is 4.73. The number of rotatable bonds is 3. The lowest BCUT2D eigenvalue weighted by Crippen LogP contribution is -2.15. The van der Waals surface area contributed by atoms with Gasteiger partial charge in [-0.2, -0.15) is 13.2 Å². The molecule has 3 aromatic rings. The van der Waals surface area contributed by atoms with Crippen LogP contribution in [-0.4, -0.2) is 27.8 Å². The van der Waals surface area contributed by atoms with Crippen molar-refractivity contribution in [2.45, 2.75) is 31.9 Å². The van der Waals surface area contributed by atoms with Crippen molar-refractivity contribution in [3.05, 3.63) is 63.5 Å². The van der Waals surface area contributed by atoms with Gasteiger partial charge in [-0.1, -0.05) is 6.07 Å². The zero-order valence-electron chi connectivity index (χ0n) is 15.7. The van der Waals surface area contributed by atoms with Gasteiger partial charge in [0.15, 0.2) is 0 Å². The number of thiazole rings is 1. The molecule has 0 saturated carbocycles. The van der Waals surface area contributed by atoms with Crippen LogP contribution in [-0.2, 0) is 12.6 Å². The normalized spacial score (nSPS) is 16.7. The van der Waals surface area contributed by atoms with Crippen molar-refractivity contribution < 1.29 is 17.9 Å². The average molecular weight is 418 g/mol. The number of methoxy groups -OCH3 is 1. The Labute approximate surface area is 169 Å². The lowest BCUT2D eigenvalue weighted by atomic mass is 9.89. The molecule has 0 N–H and O–H groups in total. The number of hydrogen-bond acceptors (Lipinski definition) is 6. The molecule has 0 bridgehead atoms. The molecule has 0 amide bonds. The van der Waals surface area contributed by atoms with Crippen LogP contribution < -0.4 is 4.74 Å². The van der Waals surface area contributed by atoms with Gasteiger partial charge in [-0.3, -0.25) is 4.98 Å². The summed E-state index contributed by atoms with van der Waals surface area (Å²) in [5, 5.41) is 2.74. The van der Waals surface area contributed by atoms with Crippen molar-refractivity contribution in [2.75, 3.05) is 7.11 Å². The van der Waals surface area contributed by atoms with Crippen LogP contribution >= 0.6 is 11.3 Å². The predicted molar refractivity (Wildman–Crippen MR) is 104 cm³/mol. The van der Waals surface area contributed by atoms with Crippen LogP contribution in [0.15, 0.2) is 41.0 Å². The molecule has 3 aromatic heterocycles. The maximum atomic E-state index is 13.2. The van der Waals surface area contributed by atoms with E-state index in [0.29, 0.717) is 35.8 Å². The van der Waals surface area contributed by atoms with Gasteiger partial charge in [-0.15, -0.1) is 11.3 Å². The van der Waals surface area contributed by atoms with Gasteiger partial charge in [0.1, 0.15) is 0 Å². The molecule has 0 saturated heterocycles. The van der Waals surface area contributed by atoms with Gasteiger partial charge >= 0.3 is 6.18 Å². The number of aryl methyl sites for hydroxylation is 2. The third-order valence-corrected chi connectivity index (χ3v) is 5.54. The SMILES string of the molecule is COc1ccc(C2CCc3ncc(C(F)(F)F)cc3N=C2c2csc(C)n2)cn1. The van der Waals surface area contributed by atoms with Crippen LogP contribution in [0.25, 0.3) is 0 Å². The lowest BCUT2D eigenvalue weighted by Gasteiger charge is -2.16. The smallest absolute Gasteiger partial charge is 0.417 e. The molecule has 150 valence electrons. The Morgan fingerprint density at radius 2 is 2.00 bits per heavy atom. The molecule has 4 heterocycles. The van der Waals surface area contributed by atoms with E-state index in [9.17, 15) is 13.2 Å². The molecule has 4 rings (SSSR count). The first-order valence-corrected chi connectivity index (χ1v) is 9.80. The van der Waals surface area contributed by atoms with E-state index >= 15 is 0 Å². The highest BCUT2D eigenvalue weighted by molar-refractivity contribution is 7.09. The second-order valence-electron chi connectivity index (χ2n) is 6.66. The fourth-order valence-electron chi connectivity index (χ4n) is 3.31. The van der Waals surface area contributed by atoms with Crippen molar-refractivity contribution in [1.82, 2.24) is 15.0 Å². The van der Waals surface area contributed by atoms with E-state index < -0.39 is 11.7 Å². The van der Waals surface area contributed by atoms with Crippen LogP contribution in [0.4, 0.5) is 18.9 Å². The van der Waals surface area contributed by atoms with E-state index in [4.69, 9.17) is 4.74 Å². The first kappa shape index (κ1) is 19.5. The van der Waals surface area contributed by atoms with Crippen molar-refractivity contribution in [3.8, 4) is 5.88 Å². The number of pyridine rings is 2. The van der Waals surface area contributed by atoms with Crippen molar-refractivity contribution in [2.24, 2.45) is 4.99 Å². The first-order valence-electron chi connectivity index (χ1n) is 8.92. The molecular weight excluding hydrogens is 401 g/mol. The van der Waals surface area contributed by atoms with E-state index in [1.165, 1.54) is 11.3 Å². The number of aromatic nitrogens is 3. The summed E-state index contributed by atoms with van der Waals surface area (Å²) in [6.45, 7) is 1.88. The Hall–Kier alpha value is -2.81. The summed E-state index contributed by atoms with van der Waals surface area (Å²) in [4.78, 5) is 17.5. The highest BCUT2D eigenvalue weighted by Crippen LogP contribution is 2.37. The van der Waals surface area contributed by atoms with E-state index in [0.717, 1.165) is 22.8 Å².